The van der Waals surface area contributed by atoms with Gasteiger partial charge >= 0.3 is 68.4 Å². The molecule has 0 unspecified atom stereocenters. The van der Waals surface area contributed by atoms with Crippen LogP contribution in [0.1, 0.15) is 19.8 Å². The Labute approximate surface area is 68.5 Å². The van der Waals surface area contributed by atoms with Crippen molar-refractivity contribution in [1.29, 1.82) is 0 Å². The van der Waals surface area contributed by atoms with E-state index in [1.165, 1.54) is 18.2 Å². The molecule has 0 atom stereocenters. The minimum atomic E-state index is 0.411. The van der Waals surface area contributed by atoms with Crippen LogP contribution in [0.2, 0.25) is 10.6 Å². The van der Waals surface area contributed by atoms with Gasteiger partial charge in [0.05, 0.1) is 0 Å². The number of hydrogen-bond donors (Lipinski definition) is 1. The molecular formula is C6H14OSe2. The van der Waals surface area contributed by atoms with E-state index in [4.69, 9.17) is 5.11 Å². The van der Waals surface area contributed by atoms with E-state index in [0.29, 0.717) is 6.61 Å². The van der Waals surface area contributed by atoms with Crippen LogP contribution in [0.4, 0.5) is 0 Å². The average molecular weight is 260 g/mol. The molecule has 0 aliphatic rings. The maximum atomic E-state index is 8.45. The van der Waals surface area contributed by atoms with Crippen LogP contribution < -0.4 is 0 Å². The van der Waals surface area contributed by atoms with Crippen molar-refractivity contribution < 1.29 is 5.11 Å². The van der Waals surface area contributed by atoms with E-state index < -0.39 is 0 Å². The Hall–Kier alpha value is 0.999. The molecule has 0 rings (SSSR count). The summed E-state index contributed by atoms with van der Waals surface area (Å²) in [5, 5.41) is 11.0. The zero-order valence-corrected chi connectivity index (χ0v) is 9.23. The van der Waals surface area contributed by atoms with Gasteiger partial charge in [0.15, 0.2) is 0 Å². The fourth-order valence-electron chi connectivity index (χ4n) is 0.358. The van der Waals surface area contributed by atoms with E-state index in [-0.39, 0.29) is 0 Å². The molecule has 0 amide bonds. The normalized spacial score (nSPS) is 10.0. The molecule has 9 heavy (non-hydrogen) atoms. The number of aliphatic hydroxyl groups excluding tert-OH is 1. The standard InChI is InChI=1S/C6H14OSe2/c1-2-3-5-8-9-6-4-7/h7H,2-6H2,1H3. The number of aliphatic hydroxyl groups is 1. The van der Waals surface area contributed by atoms with E-state index in [9.17, 15) is 0 Å². The Balaban J connectivity index is 2.60. The molecule has 0 heterocycles. The van der Waals surface area contributed by atoms with E-state index >= 15 is 0 Å². The van der Waals surface area contributed by atoms with Gasteiger partial charge in [-0.3, -0.25) is 0 Å². The second kappa shape index (κ2) is 9.00. The molecule has 0 bridgehead atoms. The molecule has 0 aromatic heterocycles. The van der Waals surface area contributed by atoms with Crippen molar-refractivity contribution in [2.24, 2.45) is 0 Å². The fourth-order valence-corrected chi connectivity index (χ4v) is 6.53. The monoisotopic (exact) mass is 262 g/mol. The van der Waals surface area contributed by atoms with Crippen molar-refractivity contribution in [3.63, 3.8) is 0 Å². The summed E-state index contributed by atoms with van der Waals surface area (Å²) in [6, 6.07) is 0. The van der Waals surface area contributed by atoms with E-state index in [0.717, 1.165) is 31.6 Å². The van der Waals surface area contributed by atoms with Gasteiger partial charge < -0.3 is 0 Å². The van der Waals surface area contributed by atoms with Crippen molar-refractivity contribution in [3.8, 4) is 0 Å². The Morgan fingerprint density at radius 2 is 1.89 bits per heavy atom. The molecule has 1 nitrogen and oxygen atoms in total. The SMILES string of the molecule is CCCC[Se][Se]CCO. The molecule has 0 spiro atoms. The molecule has 56 valence electrons. The second-order valence-corrected chi connectivity index (χ2v) is 9.56. The third kappa shape index (κ3) is 9.00. The molecule has 1 N–H and O–H groups in total. The van der Waals surface area contributed by atoms with Crippen LogP contribution in [0.25, 0.3) is 0 Å². The van der Waals surface area contributed by atoms with Crippen LogP contribution in [0, 0.1) is 0 Å². The van der Waals surface area contributed by atoms with Crippen LogP contribution in [0.3, 0.4) is 0 Å². The van der Waals surface area contributed by atoms with E-state index in [1.54, 1.807) is 0 Å². The molecule has 3 heteroatoms. The first-order valence-electron chi connectivity index (χ1n) is 3.27. The van der Waals surface area contributed by atoms with Gasteiger partial charge in [0.25, 0.3) is 0 Å². The summed E-state index contributed by atoms with van der Waals surface area (Å²) < 4.78 is 0. The number of unbranched alkanes of at least 4 members (excludes halogenated alkanes) is 1. The van der Waals surface area contributed by atoms with Crippen molar-refractivity contribution >= 4 is 26.3 Å². The molecule has 0 aromatic rings. The third-order valence-electron chi connectivity index (χ3n) is 0.839. The van der Waals surface area contributed by atoms with Crippen LogP contribution in [-0.4, -0.2) is 38.0 Å². The van der Waals surface area contributed by atoms with Crippen LogP contribution in [0.5, 0.6) is 0 Å². The van der Waals surface area contributed by atoms with Gasteiger partial charge in [-0.1, -0.05) is 0 Å². The summed E-state index contributed by atoms with van der Waals surface area (Å²) >= 11 is 1.67. The van der Waals surface area contributed by atoms with Crippen molar-refractivity contribution in [3.05, 3.63) is 0 Å². The Kier molecular flexibility index (Phi) is 10.00. The summed E-state index contributed by atoms with van der Waals surface area (Å²) in [4.78, 5) is 0. The Bertz CT molecular complexity index is 44.3. The third-order valence-corrected chi connectivity index (χ3v) is 8.33. The van der Waals surface area contributed by atoms with E-state index in [2.05, 4.69) is 6.92 Å². The van der Waals surface area contributed by atoms with Crippen LogP contribution in [-0.2, 0) is 0 Å². The summed E-state index contributed by atoms with van der Waals surface area (Å²) in [7, 11) is 0. The van der Waals surface area contributed by atoms with Crippen LogP contribution >= 0.6 is 0 Å². The first kappa shape index (κ1) is 10.00. The molecule has 0 fully saturated rings. The molecular weight excluding hydrogens is 246 g/mol. The molecule has 0 saturated carbocycles. The summed E-state index contributed by atoms with van der Waals surface area (Å²) in [6.07, 6.45) is 2.73. The minimum absolute atomic E-state index is 0.411. The maximum absolute atomic E-state index is 8.45. The predicted octanol–water partition coefficient (Wildman–Crippen LogP) is 0.939. The molecule has 0 aromatic carbocycles. The van der Waals surface area contributed by atoms with Gasteiger partial charge in [0.2, 0.25) is 0 Å². The predicted molar refractivity (Wildman–Crippen MR) is 43.1 cm³/mol. The average Bonchev–Trinajstić information content (AvgIpc) is 1.89. The molecule has 0 saturated heterocycles. The van der Waals surface area contributed by atoms with Crippen molar-refractivity contribution in [2.45, 2.75) is 30.4 Å². The topological polar surface area (TPSA) is 20.2 Å². The van der Waals surface area contributed by atoms with Crippen LogP contribution in [0.15, 0.2) is 0 Å². The van der Waals surface area contributed by atoms with Gasteiger partial charge in [-0.05, 0) is 0 Å². The second-order valence-electron chi connectivity index (χ2n) is 1.72. The number of rotatable bonds is 6. The van der Waals surface area contributed by atoms with Crippen molar-refractivity contribution in [1.82, 2.24) is 0 Å². The quantitative estimate of drug-likeness (QED) is 0.556. The first-order chi connectivity index (χ1) is 4.41. The molecule has 0 aliphatic heterocycles. The Morgan fingerprint density at radius 3 is 2.44 bits per heavy atom. The molecule has 0 aliphatic carbocycles. The first-order valence-corrected chi connectivity index (χ1v) is 10.0. The van der Waals surface area contributed by atoms with Crippen molar-refractivity contribution in [2.75, 3.05) is 6.61 Å². The Morgan fingerprint density at radius 1 is 1.22 bits per heavy atom. The zero-order chi connectivity index (χ0) is 6.95. The van der Waals surface area contributed by atoms with Gasteiger partial charge in [-0.25, -0.2) is 0 Å². The summed E-state index contributed by atoms with van der Waals surface area (Å²) in [5.41, 5.74) is 0. The summed E-state index contributed by atoms with van der Waals surface area (Å²) in [6.45, 7) is 2.64. The van der Waals surface area contributed by atoms with Gasteiger partial charge in [-0.2, -0.15) is 0 Å². The molecule has 0 radical (unpaired) electrons. The van der Waals surface area contributed by atoms with E-state index in [1.807, 2.05) is 0 Å². The zero-order valence-electron chi connectivity index (χ0n) is 5.80. The van der Waals surface area contributed by atoms with Gasteiger partial charge in [-0.15, -0.1) is 0 Å². The number of hydrogen-bond acceptors (Lipinski definition) is 1. The fraction of sp³-hybridized carbons (Fsp3) is 1.00. The van der Waals surface area contributed by atoms with Gasteiger partial charge in [0, 0.05) is 0 Å². The summed E-state index contributed by atoms with van der Waals surface area (Å²) in [5.74, 6) is 0. The van der Waals surface area contributed by atoms with Gasteiger partial charge in [0.1, 0.15) is 0 Å².